The van der Waals surface area contributed by atoms with Crippen LogP contribution in [0.2, 0.25) is 0 Å². The van der Waals surface area contributed by atoms with Gasteiger partial charge in [0.15, 0.2) is 11.6 Å². The molecule has 0 aliphatic heterocycles. The van der Waals surface area contributed by atoms with Gasteiger partial charge in [0, 0.05) is 25.2 Å². The summed E-state index contributed by atoms with van der Waals surface area (Å²) in [7, 11) is 0. The monoisotopic (exact) mass is 162 g/mol. The number of carbonyl (C=O) groups excluding carboxylic acids is 1. The van der Waals surface area contributed by atoms with E-state index in [0.29, 0.717) is 18.7 Å². The minimum absolute atomic E-state index is 0.0164. The smallest absolute Gasteiger partial charge is 0.198 e. The largest absolute Gasteiger partial charge is 0.342 e. The van der Waals surface area contributed by atoms with Crippen molar-refractivity contribution in [1.29, 1.82) is 0 Å². The van der Waals surface area contributed by atoms with Gasteiger partial charge in [0.2, 0.25) is 0 Å². The molecule has 0 bridgehead atoms. The number of nitrogens with one attached hydrogen (secondary N) is 1. The lowest BCUT2D eigenvalue weighted by Crippen LogP contribution is -2.00. The molecule has 0 aromatic carbocycles. The minimum Gasteiger partial charge on any atom is -0.342 e. The predicted octanol–water partition coefficient (Wildman–Crippen LogP) is 1.40. The second kappa shape index (κ2) is 4.35. The van der Waals surface area contributed by atoms with Gasteiger partial charge in [-0.05, 0) is 6.92 Å². The second-order valence-electron chi connectivity index (χ2n) is 2.29. The highest BCUT2D eigenvalue weighted by Crippen LogP contribution is 1.97. The highest BCUT2D eigenvalue weighted by Gasteiger charge is 2.05. The maximum atomic E-state index is 11.2. The molecular weight excluding hydrogens is 152 g/mol. The molecule has 0 spiro atoms. The van der Waals surface area contributed by atoms with E-state index in [-0.39, 0.29) is 5.78 Å². The zero-order chi connectivity index (χ0) is 8.81. The first-order valence-electron chi connectivity index (χ1n) is 3.77. The van der Waals surface area contributed by atoms with Crippen LogP contribution in [0.3, 0.4) is 0 Å². The van der Waals surface area contributed by atoms with E-state index in [4.69, 9.17) is 0 Å². The van der Waals surface area contributed by atoms with Gasteiger partial charge in [0.05, 0.1) is 0 Å². The van der Waals surface area contributed by atoms with Gasteiger partial charge >= 0.3 is 0 Å². The number of aromatic amines is 1. The average molecular weight is 162 g/mol. The molecule has 1 aromatic rings. The van der Waals surface area contributed by atoms with Gasteiger partial charge in [-0.2, -0.15) is 0 Å². The van der Waals surface area contributed by atoms with E-state index in [2.05, 4.69) is 21.8 Å². The van der Waals surface area contributed by atoms with Gasteiger partial charge < -0.3 is 4.98 Å². The summed E-state index contributed by atoms with van der Waals surface area (Å²) >= 11 is 0. The quantitative estimate of drug-likeness (QED) is 0.539. The number of carbonyl (C=O) groups is 1. The fraction of sp³-hybridized carbons (Fsp3) is 0.333. The summed E-state index contributed by atoms with van der Waals surface area (Å²) in [5.41, 5.74) is 0. The maximum Gasteiger partial charge on any atom is 0.198 e. The number of nitrogens with zero attached hydrogens (tertiary/aromatic N) is 1. The van der Waals surface area contributed by atoms with Crippen LogP contribution in [-0.4, -0.2) is 15.8 Å². The number of hydrogen-bond acceptors (Lipinski definition) is 2. The number of hydrogen-bond donors (Lipinski definition) is 1. The summed E-state index contributed by atoms with van der Waals surface area (Å²) in [6.07, 6.45) is 4.25. The zero-order valence-corrected chi connectivity index (χ0v) is 6.92. The minimum atomic E-state index is 0.0164. The van der Waals surface area contributed by atoms with Gasteiger partial charge in [-0.25, -0.2) is 4.98 Å². The Hall–Kier alpha value is -1.56. The summed E-state index contributed by atoms with van der Waals surface area (Å²) in [5.74, 6) is 6.00. The fourth-order valence-electron chi connectivity index (χ4n) is 0.837. The van der Waals surface area contributed by atoms with E-state index in [1.165, 1.54) is 0 Å². The number of ketones is 1. The van der Waals surface area contributed by atoms with Crippen LogP contribution in [0.25, 0.3) is 0 Å². The first-order chi connectivity index (χ1) is 5.84. The van der Waals surface area contributed by atoms with Crippen LogP contribution in [0.5, 0.6) is 0 Å². The van der Waals surface area contributed by atoms with E-state index in [9.17, 15) is 4.79 Å². The van der Waals surface area contributed by atoms with Crippen molar-refractivity contribution >= 4 is 5.78 Å². The third kappa shape index (κ3) is 2.24. The Balaban J connectivity index is 2.43. The molecular formula is C9H10N2O. The van der Waals surface area contributed by atoms with Crippen LogP contribution in [-0.2, 0) is 0 Å². The summed E-state index contributed by atoms with van der Waals surface area (Å²) in [6.45, 7) is 1.76. The molecule has 0 aliphatic carbocycles. The number of Topliss-reactive ketones (excluding diaryl/α,β-unsaturated/α-hetero) is 1. The Labute approximate surface area is 71.2 Å². The maximum absolute atomic E-state index is 11.2. The Morgan fingerprint density at radius 1 is 1.75 bits per heavy atom. The summed E-state index contributed by atoms with van der Waals surface area (Å²) in [5, 5.41) is 0. The van der Waals surface area contributed by atoms with Crippen molar-refractivity contribution in [2.24, 2.45) is 0 Å². The van der Waals surface area contributed by atoms with Gasteiger partial charge in [-0.15, -0.1) is 11.8 Å². The van der Waals surface area contributed by atoms with E-state index >= 15 is 0 Å². The van der Waals surface area contributed by atoms with Crippen molar-refractivity contribution in [3.63, 3.8) is 0 Å². The molecule has 0 unspecified atom stereocenters. The van der Waals surface area contributed by atoms with Gasteiger partial charge in [0.25, 0.3) is 0 Å². The number of H-pyrrole nitrogens is 1. The molecule has 0 saturated carbocycles. The van der Waals surface area contributed by atoms with Crippen LogP contribution >= 0.6 is 0 Å². The van der Waals surface area contributed by atoms with Crippen molar-refractivity contribution in [3.8, 4) is 11.8 Å². The number of aromatic nitrogens is 2. The fourth-order valence-corrected chi connectivity index (χ4v) is 0.837. The number of imidazole rings is 1. The average Bonchev–Trinajstić information content (AvgIpc) is 2.56. The molecule has 1 rings (SSSR count). The lowest BCUT2D eigenvalue weighted by atomic mass is 10.2. The van der Waals surface area contributed by atoms with Crippen molar-refractivity contribution in [2.75, 3.05) is 0 Å². The van der Waals surface area contributed by atoms with E-state index in [0.717, 1.165) is 0 Å². The van der Waals surface area contributed by atoms with Crippen molar-refractivity contribution in [2.45, 2.75) is 19.8 Å². The third-order valence-corrected chi connectivity index (χ3v) is 1.42. The van der Waals surface area contributed by atoms with Crippen LogP contribution < -0.4 is 0 Å². The molecule has 0 fully saturated rings. The first kappa shape index (κ1) is 8.54. The highest BCUT2D eigenvalue weighted by molar-refractivity contribution is 5.92. The van der Waals surface area contributed by atoms with E-state index in [1.807, 2.05) is 0 Å². The molecule has 1 aromatic heterocycles. The van der Waals surface area contributed by atoms with Gasteiger partial charge in [-0.3, -0.25) is 4.79 Å². The van der Waals surface area contributed by atoms with Crippen LogP contribution in [0.4, 0.5) is 0 Å². The summed E-state index contributed by atoms with van der Waals surface area (Å²) in [6, 6.07) is 0. The topological polar surface area (TPSA) is 45.8 Å². The second-order valence-corrected chi connectivity index (χ2v) is 2.29. The molecule has 1 heterocycles. The van der Waals surface area contributed by atoms with Crippen LogP contribution in [0.1, 0.15) is 30.4 Å². The molecule has 12 heavy (non-hydrogen) atoms. The van der Waals surface area contributed by atoms with Crippen LogP contribution in [0.15, 0.2) is 12.4 Å². The van der Waals surface area contributed by atoms with Crippen molar-refractivity contribution in [3.05, 3.63) is 18.2 Å². The lowest BCUT2D eigenvalue weighted by Gasteiger charge is -1.90. The highest BCUT2D eigenvalue weighted by atomic mass is 16.1. The normalized spacial score (nSPS) is 8.75. The van der Waals surface area contributed by atoms with Crippen LogP contribution in [0, 0.1) is 11.8 Å². The van der Waals surface area contributed by atoms with Gasteiger partial charge in [-0.1, -0.05) is 0 Å². The third-order valence-electron chi connectivity index (χ3n) is 1.42. The molecule has 3 heteroatoms. The molecule has 0 saturated heterocycles. The SMILES string of the molecule is CC#CCCC(=O)c1ncc[nH]1. The molecule has 0 radical (unpaired) electrons. The first-order valence-corrected chi connectivity index (χ1v) is 3.77. The molecule has 0 aliphatic rings. The standard InChI is InChI=1S/C9H10N2O/c1-2-3-4-5-8(12)9-10-6-7-11-9/h6-7H,4-5H2,1H3,(H,10,11). The van der Waals surface area contributed by atoms with E-state index < -0.39 is 0 Å². The molecule has 0 amide bonds. The molecule has 0 atom stereocenters. The van der Waals surface area contributed by atoms with Crippen molar-refractivity contribution < 1.29 is 4.79 Å². The Morgan fingerprint density at radius 3 is 3.17 bits per heavy atom. The summed E-state index contributed by atoms with van der Waals surface area (Å²) in [4.78, 5) is 17.8. The summed E-state index contributed by atoms with van der Waals surface area (Å²) < 4.78 is 0. The van der Waals surface area contributed by atoms with Crippen molar-refractivity contribution in [1.82, 2.24) is 9.97 Å². The van der Waals surface area contributed by atoms with Gasteiger partial charge in [0.1, 0.15) is 0 Å². The lowest BCUT2D eigenvalue weighted by molar-refractivity contribution is 0.0975. The Morgan fingerprint density at radius 2 is 2.58 bits per heavy atom. The predicted molar refractivity (Wildman–Crippen MR) is 45.6 cm³/mol. The Bertz CT molecular complexity index is 303. The number of rotatable bonds is 3. The molecule has 62 valence electrons. The van der Waals surface area contributed by atoms with E-state index in [1.54, 1.807) is 19.3 Å². The molecule has 3 nitrogen and oxygen atoms in total. The zero-order valence-electron chi connectivity index (χ0n) is 6.92. The molecule has 1 N–H and O–H groups in total. The Kier molecular flexibility index (Phi) is 3.09.